The molecule has 19 heavy (non-hydrogen) atoms. The van der Waals surface area contributed by atoms with E-state index in [-0.39, 0.29) is 5.75 Å². The number of nitrogens with zero attached hydrogens (tertiary/aromatic N) is 3. The first-order valence-electron chi connectivity index (χ1n) is 5.50. The highest BCUT2D eigenvalue weighted by Crippen LogP contribution is 2.38. The summed E-state index contributed by atoms with van der Waals surface area (Å²) in [4.78, 5) is 4.71. The summed E-state index contributed by atoms with van der Waals surface area (Å²) in [5.41, 5.74) is 0.407. The number of aromatic hydroxyl groups is 1. The minimum atomic E-state index is 0.0865. The molecule has 0 radical (unpaired) electrons. The number of phenolic OH excluding ortho intramolecular Hbond substituents is 1. The molecule has 0 atom stereocenters. The SMILES string of the molecule is Oc1c(/N=N/c2nccs2)ccc2cccc(S)c12. The van der Waals surface area contributed by atoms with Gasteiger partial charge in [0.15, 0.2) is 5.75 Å². The number of hydrogen-bond donors (Lipinski definition) is 2. The smallest absolute Gasteiger partial charge is 0.229 e. The van der Waals surface area contributed by atoms with Gasteiger partial charge in [-0.05, 0) is 17.5 Å². The molecule has 0 bridgehead atoms. The van der Waals surface area contributed by atoms with Crippen molar-refractivity contribution in [2.75, 3.05) is 0 Å². The fourth-order valence-corrected chi connectivity index (χ4v) is 2.55. The Hall–Kier alpha value is -1.92. The molecule has 1 aromatic heterocycles. The van der Waals surface area contributed by atoms with E-state index in [1.54, 1.807) is 12.3 Å². The monoisotopic (exact) mass is 287 g/mol. The highest BCUT2D eigenvalue weighted by Gasteiger charge is 2.08. The Morgan fingerprint density at radius 3 is 2.84 bits per heavy atom. The molecule has 0 aliphatic rings. The van der Waals surface area contributed by atoms with Crippen LogP contribution in [0.3, 0.4) is 0 Å². The van der Waals surface area contributed by atoms with Crippen molar-refractivity contribution >= 4 is 45.6 Å². The van der Waals surface area contributed by atoms with Gasteiger partial charge in [-0.2, -0.15) is 0 Å². The zero-order valence-electron chi connectivity index (χ0n) is 9.69. The fraction of sp³-hybridized carbons (Fsp3) is 0. The van der Waals surface area contributed by atoms with Crippen LogP contribution in [0, 0.1) is 0 Å². The number of thiazole rings is 1. The summed E-state index contributed by atoms with van der Waals surface area (Å²) in [6, 6.07) is 9.23. The summed E-state index contributed by atoms with van der Waals surface area (Å²) in [7, 11) is 0. The van der Waals surface area contributed by atoms with Gasteiger partial charge in [0.25, 0.3) is 0 Å². The van der Waals surface area contributed by atoms with Crippen molar-refractivity contribution in [3.63, 3.8) is 0 Å². The summed E-state index contributed by atoms with van der Waals surface area (Å²) >= 11 is 5.74. The summed E-state index contributed by atoms with van der Waals surface area (Å²) < 4.78 is 0. The van der Waals surface area contributed by atoms with E-state index in [0.29, 0.717) is 21.1 Å². The fourth-order valence-electron chi connectivity index (χ4n) is 1.77. The minimum Gasteiger partial charge on any atom is -0.505 e. The van der Waals surface area contributed by atoms with E-state index in [4.69, 9.17) is 0 Å². The number of thiol groups is 1. The summed E-state index contributed by atoms with van der Waals surface area (Å²) in [5, 5.41) is 22.2. The third-order valence-electron chi connectivity index (χ3n) is 2.64. The van der Waals surface area contributed by atoms with Crippen molar-refractivity contribution in [2.45, 2.75) is 4.90 Å². The van der Waals surface area contributed by atoms with Gasteiger partial charge in [-0.3, -0.25) is 0 Å². The molecule has 94 valence electrons. The maximum atomic E-state index is 10.2. The van der Waals surface area contributed by atoms with E-state index in [9.17, 15) is 5.11 Å². The van der Waals surface area contributed by atoms with Gasteiger partial charge < -0.3 is 5.11 Å². The summed E-state index contributed by atoms with van der Waals surface area (Å²) in [6.45, 7) is 0. The highest BCUT2D eigenvalue weighted by molar-refractivity contribution is 7.80. The first-order chi connectivity index (χ1) is 9.25. The molecule has 1 N–H and O–H groups in total. The van der Waals surface area contributed by atoms with Gasteiger partial charge in [0.1, 0.15) is 5.69 Å². The Balaban J connectivity index is 2.10. The largest absolute Gasteiger partial charge is 0.505 e. The van der Waals surface area contributed by atoms with E-state index in [2.05, 4.69) is 27.8 Å². The lowest BCUT2D eigenvalue weighted by Gasteiger charge is -2.05. The number of rotatable bonds is 2. The predicted molar refractivity (Wildman–Crippen MR) is 79.2 cm³/mol. The third-order valence-corrected chi connectivity index (χ3v) is 3.67. The molecule has 3 rings (SSSR count). The zero-order valence-corrected chi connectivity index (χ0v) is 11.4. The van der Waals surface area contributed by atoms with E-state index in [1.165, 1.54) is 11.3 Å². The average molecular weight is 287 g/mol. The van der Waals surface area contributed by atoms with E-state index in [1.807, 2.05) is 29.6 Å². The standard InChI is InChI=1S/C13H9N3OS2/c17-12-9(15-16-13-14-6-7-19-13)5-4-8-2-1-3-10(18)11(8)12/h1-7,17-18H/b16-15+. The molecule has 0 unspecified atom stereocenters. The van der Waals surface area contributed by atoms with Crippen LogP contribution in [-0.2, 0) is 0 Å². The maximum Gasteiger partial charge on any atom is 0.229 e. The second-order valence-corrected chi connectivity index (χ2v) is 5.18. The van der Waals surface area contributed by atoms with Crippen LogP contribution in [0.2, 0.25) is 0 Å². The quantitative estimate of drug-likeness (QED) is 0.530. The second kappa shape index (κ2) is 4.99. The normalized spacial score (nSPS) is 11.4. The first kappa shape index (κ1) is 12.1. The number of aromatic nitrogens is 1. The number of phenols is 1. The molecule has 0 amide bonds. The first-order valence-corrected chi connectivity index (χ1v) is 6.83. The Morgan fingerprint density at radius 2 is 2.05 bits per heavy atom. The maximum absolute atomic E-state index is 10.2. The van der Waals surface area contributed by atoms with Crippen molar-refractivity contribution in [1.82, 2.24) is 4.98 Å². The number of azo groups is 1. The van der Waals surface area contributed by atoms with Gasteiger partial charge in [0.05, 0.1) is 0 Å². The van der Waals surface area contributed by atoms with Crippen LogP contribution >= 0.6 is 24.0 Å². The number of fused-ring (bicyclic) bond motifs is 1. The van der Waals surface area contributed by atoms with Crippen LogP contribution in [-0.4, -0.2) is 10.1 Å². The van der Waals surface area contributed by atoms with Crippen molar-refractivity contribution in [1.29, 1.82) is 0 Å². The predicted octanol–water partition coefficient (Wildman–Crippen LogP) is 4.71. The van der Waals surface area contributed by atoms with Gasteiger partial charge in [0, 0.05) is 21.9 Å². The lowest BCUT2D eigenvalue weighted by atomic mass is 10.1. The average Bonchev–Trinajstić information content (AvgIpc) is 2.91. The molecule has 0 spiro atoms. The lowest BCUT2D eigenvalue weighted by Crippen LogP contribution is -1.77. The molecule has 6 heteroatoms. The van der Waals surface area contributed by atoms with Crippen LogP contribution in [0.15, 0.2) is 57.0 Å². The number of hydrogen-bond acceptors (Lipinski definition) is 6. The van der Waals surface area contributed by atoms with Gasteiger partial charge in [-0.15, -0.1) is 34.2 Å². The van der Waals surface area contributed by atoms with E-state index in [0.717, 1.165) is 5.39 Å². The molecule has 3 aromatic rings. The van der Waals surface area contributed by atoms with Crippen LogP contribution in [0.1, 0.15) is 0 Å². The Kier molecular flexibility index (Phi) is 3.18. The number of benzene rings is 2. The topological polar surface area (TPSA) is 57.8 Å². The summed E-state index contributed by atoms with van der Waals surface area (Å²) in [5.74, 6) is 0.0865. The van der Waals surface area contributed by atoms with Gasteiger partial charge in [0.2, 0.25) is 5.13 Å². The minimum absolute atomic E-state index is 0.0865. The highest BCUT2D eigenvalue weighted by atomic mass is 32.1. The van der Waals surface area contributed by atoms with Crippen LogP contribution in [0.25, 0.3) is 10.8 Å². The van der Waals surface area contributed by atoms with Gasteiger partial charge in [-0.25, -0.2) is 4.98 Å². The zero-order chi connectivity index (χ0) is 13.2. The van der Waals surface area contributed by atoms with Crippen molar-refractivity contribution < 1.29 is 5.11 Å². The Labute approximate surface area is 118 Å². The molecule has 0 aliphatic carbocycles. The van der Waals surface area contributed by atoms with Gasteiger partial charge >= 0.3 is 0 Å². The molecule has 0 fully saturated rings. The third kappa shape index (κ3) is 2.32. The molecule has 0 aliphatic heterocycles. The molecule has 0 saturated carbocycles. The Morgan fingerprint density at radius 1 is 1.16 bits per heavy atom. The van der Waals surface area contributed by atoms with Gasteiger partial charge in [-0.1, -0.05) is 18.2 Å². The molecular formula is C13H9N3OS2. The molecule has 4 nitrogen and oxygen atoms in total. The lowest BCUT2D eigenvalue weighted by molar-refractivity contribution is 0.482. The van der Waals surface area contributed by atoms with Crippen LogP contribution < -0.4 is 0 Å². The van der Waals surface area contributed by atoms with Crippen molar-refractivity contribution in [3.8, 4) is 5.75 Å². The van der Waals surface area contributed by atoms with Crippen LogP contribution in [0.5, 0.6) is 5.75 Å². The van der Waals surface area contributed by atoms with Crippen molar-refractivity contribution in [3.05, 3.63) is 41.9 Å². The van der Waals surface area contributed by atoms with Crippen LogP contribution in [0.4, 0.5) is 10.8 Å². The van der Waals surface area contributed by atoms with E-state index < -0.39 is 0 Å². The van der Waals surface area contributed by atoms with E-state index >= 15 is 0 Å². The molecule has 0 saturated heterocycles. The second-order valence-electron chi connectivity index (χ2n) is 3.82. The van der Waals surface area contributed by atoms with Crippen molar-refractivity contribution in [2.24, 2.45) is 10.2 Å². The molecular weight excluding hydrogens is 278 g/mol. The Bertz CT molecular complexity index is 754. The molecule has 1 heterocycles. The summed E-state index contributed by atoms with van der Waals surface area (Å²) in [6.07, 6.45) is 1.66. The molecule has 2 aromatic carbocycles.